The van der Waals surface area contributed by atoms with Crippen LogP contribution < -0.4 is 10.6 Å². The lowest BCUT2D eigenvalue weighted by Gasteiger charge is -2.27. The van der Waals surface area contributed by atoms with E-state index in [4.69, 9.17) is 0 Å². The second kappa shape index (κ2) is 8.71. The number of anilines is 1. The molecule has 1 aliphatic rings. The van der Waals surface area contributed by atoms with Crippen LogP contribution >= 0.6 is 0 Å². The van der Waals surface area contributed by atoms with Gasteiger partial charge in [0.25, 0.3) is 11.8 Å². The number of fused-ring (bicyclic) bond motifs is 1. The average molecular weight is 365 g/mol. The average Bonchev–Trinajstić information content (AvgIpc) is 2.95. The van der Waals surface area contributed by atoms with Gasteiger partial charge in [-0.2, -0.15) is 0 Å². The smallest absolute Gasteiger partial charge is 0.256 e. The molecule has 27 heavy (non-hydrogen) atoms. The Morgan fingerprint density at radius 2 is 1.89 bits per heavy atom. The fourth-order valence-corrected chi connectivity index (χ4v) is 3.39. The molecule has 5 nitrogen and oxygen atoms in total. The van der Waals surface area contributed by atoms with E-state index in [0.29, 0.717) is 18.7 Å². The van der Waals surface area contributed by atoms with Crippen molar-refractivity contribution in [3.63, 3.8) is 0 Å². The van der Waals surface area contributed by atoms with Crippen molar-refractivity contribution in [1.82, 2.24) is 10.2 Å². The maximum Gasteiger partial charge on any atom is 0.256 e. The molecule has 0 saturated carbocycles. The Labute approximate surface area is 160 Å². The molecule has 0 radical (unpaired) electrons. The van der Waals surface area contributed by atoms with Crippen molar-refractivity contribution in [3.05, 3.63) is 65.2 Å². The Morgan fingerprint density at radius 1 is 1.07 bits per heavy atom. The summed E-state index contributed by atoms with van der Waals surface area (Å²) in [6.07, 6.45) is 2.69. The van der Waals surface area contributed by atoms with Crippen molar-refractivity contribution in [2.24, 2.45) is 0 Å². The molecule has 5 heteroatoms. The first-order valence-corrected chi connectivity index (χ1v) is 9.70. The minimum absolute atomic E-state index is 0.0541. The Morgan fingerprint density at radius 3 is 2.67 bits per heavy atom. The second-order valence-corrected chi connectivity index (χ2v) is 6.82. The summed E-state index contributed by atoms with van der Waals surface area (Å²) in [6.45, 7) is 5.53. The Bertz CT molecular complexity index is 819. The van der Waals surface area contributed by atoms with Crippen LogP contribution in [-0.2, 0) is 0 Å². The third kappa shape index (κ3) is 4.13. The lowest BCUT2D eigenvalue weighted by Crippen LogP contribution is -2.33. The van der Waals surface area contributed by atoms with Crippen molar-refractivity contribution in [3.8, 4) is 0 Å². The van der Waals surface area contributed by atoms with Crippen molar-refractivity contribution in [2.45, 2.75) is 39.3 Å². The molecule has 2 amide bonds. The van der Waals surface area contributed by atoms with E-state index >= 15 is 0 Å². The van der Waals surface area contributed by atoms with E-state index in [9.17, 15) is 9.59 Å². The molecule has 0 aliphatic carbocycles. The van der Waals surface area contributed by atoms with Crippen LogP contribution in [0.15, 0.2) is 48.5 Å². The molecule has 0 bridgehead atoms. The zero-order valence-corrected chi connectivity index (χ0v) is 16.0. The number of rotatable bonds is 8. The standard InChI is InChI=1S/C22H27N3O2/c1-3-5-13-23-21(26)16-9-8-10-17(15-16)24-20-18-11-6-7-12-19(18)22(27)25(20)14-4-2/h6-12,15,20,24H,3-5,13-14H2,1-2H3,(H,23,26)/t20-/m0/s1. The van der Waals surface area contributed by atoms with Crippen LogP contribution in [0.5, 0.6) is 0 Å². The lowest BCUT2D eigenvalue weighted by molar-refractivity contribution is 0.0742. The molecular weight excluding hydrogens is 338 g/mol. The molecule has 0 aromatic heterocycles. The van der Waals surface area contributed by atoms with Crippen LogP contribution in [0.4, 0.5) is 5.69 Å². The minimum Gasteiger partial charge on any atom is -0.361 e. The largest absolute Gasteiger partial charge is 0.361 e. The molecule has 2 aromatic carbocycles. The van der Waals surface area contributed by atoms with Gasteiger partial charge in [-0.15, -0.1) is 0 Å². The maximum absolute atomic E-state index is 12.7. The molecule has 0 fully saturated rings. The van der Waals surface area contributed by atoms with Crippen LogP contribution in [0.25, 0.3) is 0 Å². The molecule has 2 N–H and O–H groups in total. The van der Waals surface area contributed by atoms with Crippen LogP contribution in [0.1, 0.15) is 65.6 Å². The van der Waals surface area contributed by atoms with Gasteiger partial charge in [-0.3, -0.25) is 9.59 Å². The molecule has 1 heterocycles. The SMILES string of the molecule is CCCCNC(=O)c1cccc(N[C@@H]2c3ccccc3C(=O)N2CCC)c1. The molecule has 1 atom stereocenters. The van der Waals surface area contributed by atoms with Gasteiger partial charge in [0.05, 0.1) is 0 Å². The molecular formula is C22H27N3O2. The van der Waals surface area contributed by atoms with Gasteiger partial charge in [0.1, 0.15) is 6.17 Å². The highest BCUT2D eigenvalue weighted by molar-refractivity contribution is 5.99. The third-order valence-electron chi connectivity index (χ3n) is 4.77. The zero-order valence-electron chi connectivity index (χ0n) is 16.0. The first-order chi connectivity index (χ1) is 13.2. The number of hydrogen-bond acceptors (Lipinski definition) is 3. The van der Waals surface area contributed by atoms with Gasteiger partial charge in [-0.25, -0.2) is 0 Å². The summed E-state index contributed by atoms with van der Waals surface area (Å²) in [5.74, 6) is -0.0150. The van der Waals surface area contributed by atoms with Crippen LogP contribution in [0.3, 0.4) is 0 Å². The molecule has 0 unspecified atom stereocenters. The number of hydrogen-bond donors (Lipinski definition) is 2. The number of amides is 2. The molecule has 3 rings (SSSR count). The Kier molecular flexibility index (Phi) is 6.12. The van der Waals surface area contributed by atoms with Crippen molar-refractivity contribution >= 4 is 17.5 Å². The van der Waals surface area contributed by atoms with E-state index in [1.165, 1.54) is 0 Å². The highest BCUT2D eigenvalue weighted by atomic mass is 16.2. The predicted molar refractivity (Wildman–Crippen MR) is 108 cm³/mol. The van der Waals surface area contributed by atoms with Crippen LogP contribution in [-0.4, -0.2) is 29.8 Å². The molecule has 1 aliphatic heterocycles. The number of carbonyl (C=O) groups is 2. The maximum atomic E-state index is 12.7. The summed E-state index contributed by atoms with van der Waals surface area (Å²) >= 11 is 0. The number of unbranched alkanes of at least 4 members (excludes halogenated alkanes) is 1. The summed E-state index contributed by atoms with van der Waals surface area (Å²) in [4.78, 5) is 26.9. The van der Waals surface area contributed by atoms with Gasteiger partial charge in [0, 0.05) is 35.5 Å². The normalized spacial score (nSPS) is 15.6. The summed E-state index contributed by atoms with van der Waals surface area (Å²) in [6, 6.07) is 15.2. The van der Waals surface area contributed by atoms with E-state index in [2.05, 4.69) is 24.5 Å². The molecule has 142 valence electrons. The molecule has 0 saturated heterocycles. The monoisotopic (exact) mass is 365 g/mol. The summed E-state index contributed by atoms with van der Waals surface area (Å²) in [7, 11) is 0. The minimum atomic E-state index is -0.216. The fraction of sp³-hybridized carbons (Fsp3) is 0.364. The number of nitrogens with one attached hydrogen (secondary N) is 2. The zero-order chi connectivity index (χ0) is 19.2. The van der Waals surface area contributed by atoms with E-state index in [-0.39, 0.29) is 18.0 Å². The second-order valence-electron chi connectivity index (χ2n) is 6.82. The predicted octanol–water partition coefficient (Wildman–Crippen LogP) is 4.19. The first-order valence-electron chi connectivity index (χ1n) is 9.70. The van der Waals surface area contributed by atoms with Crippen LogP contribution in [0.2, 0.25) is 0 Å². The van der Waals surface area contributed by atoms with E-state index < -0.39 is 0 Å². The van der Waals surface area contributed by atoms with Gasteiger partial charge >= 0.3 is 0 Å². The van der Waals surface area contributed by atoms with Crippen molar-refractivity contribution in [1.29, 1.82) is 0 Å². The summed E-state index contributed by atoms with van der Waals surface area (Å²) in [5, 5.41) is 6.39. The molecule has 0 spiro atoms. The van der Waals surface area contributed by atoms with Gasteiger partial charge in [-0.05, 0) is 37.1 Å². The summed E-state index contributed by atoms with van der Waals surface area (Å²) in [5.41, 5.74) is 3.18. The quantitative estimate of drug-likeness (QED) is 0.690. The number of carbonyl (C=O) groups excluding carboxylic acids is 2. The van der Waals surface area contributed by atoms with Gasteiger partial charge in [0.2, 0.25) is 0 Å². The van der Waals surface area contributed by atoms with Gasteiger partial charge in [0.15, 0.2) is 0 Å². The van der Waals surface area contributed by atoms with Crippen LogP contribution in [0, 0.1) is 0 Å². The van der Waals surface area contributed by atoms with Gasteiger partial charge < -0.3 is 15.5 Å². The fourth-order valence-electron chi connectivity index (χ4n) is 3.39. The first kappa shape index (κ1) is 19.0. The highest BCUT2D eigenvalue weighted by Crippen LogP contribution is 2.34. The lowest BCUT2D eigenvalue weighted by atomic mass is 10.1. The number of benzene rings is 2. The Hall–Kier alpha value is -2.82. The Balaban J connectivity index is 1.80. The van der Waals surface area contributed by atoms with E-state index in [1.54, 1.807) is 0 Å². The molecule has 2 aromatic rings. The van der Waals surface area contributed by atoms with E-state index in [0.717, 1.165) is 36.1 Å². The van der Waals surface area contributed by atoms with E-state index in [1.807, 2.05) is 53.4 Å². The van der Waals surface area contributed by atoms with Crippen molar-refractivity contribution < 1.29 is 9.59 Å². The van der Waals surface area contributed by atoms with Gasteiger partial charge in [-0.1, -0.05) is 44.5 Å². The third-order valence-corrected chi connectivity index (χ3v) is 4.77. The highest BCUT2D eigenvalue weighted by Gasteiger charge is 2.35. The topological polar surface area (TPSA) is 61.4 Å². The number of nitrogens with zero attached hydrogens (tertiary/aromatic N) is 1. The summed E-state index contributed by atoms with van der Waals surface area (Å²) < 4.78 is 0. The van der Waals surface area contributed by atoms with Crippen molar-refractivity contribution in [2.75, 3.05) is 18.4 Å².